The van der Waals surface area contributed by atoms with E-state index in [4.69, 9.17) is 4.42 Å². The molecule has 3 aromatic rings. The van der Waals surface area contributed by atoms with E-state index in [1.165, 1.54) is 12.8 Å². The molecule has 1 aromatic carbocycles. The molecule has 2 heterocycles. The van der Waals surface area contributed by atoms with E-state index in [1.807, 2.05) is 24.3 Å². The van der Waals surface area contributed by atoms with Gasteiger partial charge in [-0.1, -0.05) is 33.8 Å². The molecule has 7 heteroatoms. The first-order valence-electron chi connectivity index (χ1n) is 8.05. The quantitative estimate of drug-likeness (QED) is 0.335. The first-order valence-corrected chi connectivity index (χ1v) is 9.82. The zero-order valence-electron chi connectivity index (χ0n) is 13.4. The highest BCUT2D eigenvalue weighted by atomic mass is 79.9. The third kappa shape index (κ3) is 3.43. The minimum atomic E-state index is -0.340. The van der Waals surface area contributed by atoms with Crippen molar-refractivity contribution in [1.82, 2.24) is 14.8 Å². The van der Waals surface area contributed by atoms with E-state index in [1.54, 1.807) is 17.8 Å². The standard InChI is InChI=1S/C18H16BrN3O2S/c1-2-7-22-17(11-3-4-11)20-21-18(22)25-10-12-8-16(23)24-15-9-13(19)5-6-14(12)15/h2,5-6,8-9,11H,1,3-4,7,10H2. The lowest BCUT2D eigenvalue weighted by Gasteiger charge is -2.08. The molecule has 128 valence electrons. The average molecular weight is 418 g/mol. The highest BCUT2D eigenvalue weighted by Crippen LogP contribution is 2.40. The van der Waals surface area contributed by atoms with E-state index >= 15 is 0 Å². The van der Waals surface area contributed by atoms with Crippen LogP contribution in [0.15, 0.2) is 55.8 Å². The van der Waals surface area contributed by atoms with E-state index in [2.05, 4.69) is 37.3 Å². The lowest BCUT2D eigenvalue weighted by Crippen LogP contribution is -2.03. The van der Waals surface area contributed by atoms with Gasteiger partial charge in [-0.05, 0) is 36.6 Å². The van der Waals surface area contributed by atoms with Crippen LogP contribution in [0.5, 0.6) is 0 Å². The van der Waals surface area contributed by atoms with Crippen molar-refractivity contribution in [2.45, 2.75) is 36.2 Å². The lowest BCUT2D eigenvalue weighted by atomic mass is 10.1. The van der Waals surface area contributed by atoms with Gasteiger partial charge < -0.3 is 8.98 Å². The highest BCUT2D eigenvalue weighted by molar-refractivity contribution is 9.10. The number of halogens is 1. The maximum atomic E-state index is 11.9. The molecule has 0 amide bonds. The van der Waals surface area contributed by atoms with Crippen LogP contribution in [0.2, 0.25) is 0 Å². The van der Waals surface area contributed by atoms with E-state index in [-0.39, 0.29) is 5.63 Å². The van der Waals surface area contributed by atoms with Crippen LogP contribution in [0.1, 0.15) is 30.1 Å². The SMILES string of the molecule is C=CCn1c(SCc2cc(=O)oc3cc(Br)ccc23)nnc1C1CC1. The van der Waals surface area contributed by atoms with E-state index in [0.29, 0.717) is 23.8 Å². The molecule has 4 rings (SSSR count). The highest BCUT2D eigenvalue weighted by Gasteiger charge is 2.30. The smallest absolute Gasteiger partial charge is 0.336 e. The summed E-state index contributed by atoms with van der Waals surface area (Å²) >= 11 is 4.99. The predicted octanol–water partition coefficient (Wildman–Crippen LogP) is 4.50. The third-order valence-electron chi connectivity index (χ3n) is 4.15. The van der Waals surface area contributed by atoms with Crippen molar-refractivity contribution >= 4 is 38.7 Å². The monoisotopic (exact) mass is 417 g/mol. The molecular formula is C18H16BrN3O2S. The Bertz CT molecular complexity index is 1010. The molecular weight excluding hydrogens is 402 g/mol. The second kappa shape index (κ2) is 6.80. The Morgan fingerprint density at radius 2 is 2.20 bits per heavy atom. The van der Waals surface area contributed by atoms with Gasteiger partial charge in [0.25, 0.3) is 0 Å². The Labute approximate surface area is 157 Å². The first-order chi connectivity index (χ1) is 12.2. The Balaban J connectivity index is 1.64. The zero-order chi connectivity index (χ0) is 17.4. The van der Waals surface area contributed by atoms with Crippen LogP contribution in [0.3, 0.4) is 0 Å². The van der Waals surface area contributed by atoms with Crippen LogP contribution in [0.4, 0.5) is 0 Å². The summed E-state index contributed by atoms with van der Waals surface area (Å²) in [7, 11) is 0. The fourth-order valence-electron chi connectivity index (χ4n) is 2.82. The van der Waals surface area contributed by atoms with Crippen molar-refractivity contribution in [2.24, 2.45) is 0 Å². The number of fused-ring (bicyclic) bond motifs is 1. The summed E-state index contributed by atoms with van der Waals surface area (Å²) in [6, 6.07) is 7.28. The van der Waals surface area contributed by atoms with Crippen molar-refractivity contribution < 1.29 is 4.42 Å². The summed E-state index contributed by atoms with van der Waals surface area (Å²) in [6.07, 6.45) is 4.22. The van der Waals surface area contributed by atoms with Gasteiger partial charge >= 0.3 is 5.63 Å². The number of hydrogen-bond donors (Lipinski definition) is 0. The van der Waals surface area contributed by atoms with Gasteiger partial charge in [-0.2, -0.15) is 0 Å². The number of allylic oxidation sites excluding steroid dienone is 1. The van der Waals surface area contributed by atoms with Gasteiger partial charge in [0.2, 0.25) is 0 Å². The van der Waals surface area contributed by atoms with Crippen LogP contribution >= 0.6 is 27.7 Å². The largest absolute Gasteiger partial charge is 0.423 e. The molecule has 1 aliphatic carbocycles. The molecule has 1 fully saturated rings. The average Bonchev–Trinajstić information content (AvgIpc) is 3.35. The van der Waals surface area contributed by atoms with Gasteiger partial charge in [0, 0.05) is 34.1 Å². The maximum absolute atomic E-state index is 11.9. The van der Waals surface area contributed by atoms with Gasteiger partial charge in [0.15, 0.2) is 5.16 Å². The van der Waals surface area contributed by atoms with Crippen LogP contribution in [0, 0.1) is 0 Å². The molecule has 0 unspecified atom stereocenters. The van der Waals surface area contributed by atoms with Crippen molar-refractivity contribution in [1.29, 1.82) is 0 Å². The molecule has 0 aliphatic heterocycles. The van der Waals surface area contributed by atoms with Crippen molar-refractivity contribution in [3.63, 3.8) is 0 Å². The third-order valence-corrected chi connectivity index (χ3v) is 5.66. The fraction of sp³-hybridized carbons (Fsp3) is 0.278. The summed E-state index contributed by atoms with van der Waals surface area (Å²) in [5.74, 6) is 2.21. The molecule has 0 N–H and O–H groups in total. The molecule has 0 atom stereocenters. The van der Waals surface area contributed by atoms with Crippen LogP contribution in [-0.4, -0.2) is 14.8 Å². The summed E-state index contributed by atoms with van der Waals surface area (Å²) < 4.78 is 8.31. The van der Waals surface area contributed by atoms with Crippen LogP contribution < -0.4 is 5.63 Å². The topological polar surface area (TPSA) is 60.9 Å². The number of hydrogen-bond acceptors (Lipinski definition) is 5. The minimum Gasteiger partial charge on any atom is -0.423 e. The Hall–Kier alpha value is -1.86. The molecule has 0 radical (unpaired) electrons. The predicted molar refractivity (Wildman–Crippen MR) is 102 cm³/mol. The molecule has 0 saturated heterocycles. The van der Waals surface area contributed by atoms with Gasteiger partial charge in [0.1, 0.15) is 11.4 Å². The molecule has 0 bridgehead atoms. The Morgan fingerprint density at radius 3 is 2.96 bits per heavy atom. The van der Waals surface area contributed by atoms with Gasteiger partial charge in [-0.3, -0.25) is 0 Å². The normalized spacial score (nSPS) is 14.1. The zero-order valence-corrected chi connectivity index (χ0v) is 15.8. The Morgan fingerprint density at radius 1 is 1.36 bits per heavy atom. The molecule has 25 heavy (non-hydrogen) atoms. The molecule has 1 aliphatic rings. The molecule has 1 saturated carbocycles. The van der Waals surface area contributed by atoms with Crippen LogP contribution in [-0.2, 0) is 12.3 Å². The van der Waals surface area contributed by atoms with Crippen LogP contribution in [0.25, 0.3) is 11.0 Å². The minimum absolute atomic E-state index is 0.340. The Kier molecular flexibility index (Phi) is 4.52. The summed E-state index contributed by atoms with van der Waals surface area (Å²) in [5.41, 5.74) is 1.18. The van der Waals surface area contributed by atoms with E-state index < -0.39 is 0 Å². The maximum Gasteiger partial charge on any atom is 0.336 e. The second-order valence-electron chi connectivity index (χ2n) is 6.03. The lowest BCUT2D eigenvalue weighted by molar-refractivity contribution is 0.559. The number of benzene rings is 1. The van der Waals surface area contributed by atoms with Crippen molar-refractivity contribution in [3.05, 3.63) is 63.2 Å². The summed E-state index contributed by atoms with van der Waals surface area (Å²) in [6.45, 7) is 4.53. The second-order valence-corrected chi connectivity index (χ2v) is 7.89. The number of thioether (sulfide) groups is 1. The van der Waals surface area contributed by atoms with Crippen molar-refractivity contribution in [2.75, 3.05) is 0 Å². The fourth-order valence-corrected chi connectivity index (χ4v) is 4.10. The van der Waals surface area contributed by atoms with Gasteiger partial charge in [-0.25, -0.2) is 4.79 Å². The first kappa shape index (κ1) is 16.6. The van der Waals surface area contributed by atoms with E-state index in [0.717, 1.165) is 26.4 Å². The molecule has 2 aromatic heterocycles. The van der Waals surface area contributed by atoms with Gasteiger partial charge in [-0.15, -0.1) is 16.8 Å². The van der Waals surface area contributed by atoms with E-state index in [9.17, 15) is 4.79 Å². The van der Waals surface area contributed by atoms with Crippen molar-refractivity contribution in [3.8, 4) is 0 Å². The molecule has 5 nitrogen and oxygen atoms in total. The summed E-state index contributed by atoms with van der Waals surface area (Å²) in [4.78, 5) is 11.9. The number of rotatable bonds is 6. The number of aromatic nitrogens is 3. The molecule has 0 spiro atoms. The van der Waals surface area contributed by atoms with Gasteiger partial charge in [0.05, 0.1) is 0 Å². The number of nitrogens with zero attached hydrogens (tertiary/aromatic N) is 3. The summed E-state index contributed by atoms with van der Waals surface area (Å²) in [5, 5.41) is 10.5.